The summed E-state index contributed by atoms with van der Waals surface area (Å²) in [6.07, 6.45) is 2.44. The van der Waals surface area contributed by atoms with Crippen LogP contribution in [0.5, 0.6) is 5.88 Å². The van der Waals surface area contributed by atoms with Crippen molar-refractivity contribution in [2.75, 3.05) is 18.5 Å². The van der Waals surface area contributed by atoms with Gasteiger partial charge >= 0.3 is 5.97 Å². The quantitative estimate of drug-likeness (QED) is 0.734. The zero-order valence-corrected chi connectivity index (χ0v) is 10.7. The molecule has 0 radical (unpaired) electrons. The molecule has 1 atom stereocenters. The molecule has 0 aliphatic heterocycles. The number of aliphatic carboxylic acids is 1. The fraction of sp³-hybridized carbons (Fsp3) is 0.583. The van der Waals surface area contributed by atoms with Crippen LogP contribution in [-0.4, -0.2) is 34.2 Å². The molecule has 0 saturated heterocycles. The Morgan fingerprint density at radius 2 is 2.39 bits per heavy atom. The van der Waals surface area contributed by atoms with Gasteiger partial charge in [0.25, 0.3) is 0 Å². The lowest BCUT2D eigenvalue weighted by molar-refractivity contribution is -0.137. The van der Waals surface area contributed by atoms with Crippen molar-refractivity contribution in [3.8, 4) is 5.88 Å². The van der Waals surface area contributed by atoms with Crippen molar-refractivity contribution >= 4 is 11.9 Å². The van der Waals surface area contributed by atoms with Crippen LogP contribution in [0.15, 0.2) is 12.3 Å². The maximum atomic E-state index is 10.4. The van der Waals surface area contributed by atoms with E-state index in [1.807, 2.05) is 13.8 Å². The fourth-order valence-corrected chi connectivity index (χ4v) is 1.39. The van der Waals surface area contributed by atoms with Crippen molar-refractivity contribution < 1.29 is 14.6 Å². The van der Waals surface area contributed by atoms with Gasteiger partial charge in [0, 0.05) is 25.2 Å². The zero-order valence-electron chi connectivity index (χ0n) is 10.7. The lowest BCUT2D eigenvalue weighted by atomic mass is 10.1. The Bertz CT molecular complexity index is 385. The number of carboxylic acids is 1. The second kappa shape index (κ2) is 7.47. The summed E-state index contributed by atoms with van der Waals surface area (Å²) in [7, 11) is 0. The number of aromatic nitrogens is 2. The molecule has 1 aromatic rings. The lowest BCUT2D eigenvalue weighted by Crippen LogP contribution is -2.14. The van der Waals surface area contributed by atoms with E-state index in [0.717, 1.165) is 0 Å². The number of carboxylic acid groups (broad SMARTS) is 1. The van der Waals surface area contributed by atoms with Crippen LogP contribution in [0.25, 0.3) is 0 Å². The third kappa shape index (κ3) is 5.47. The van der Waals surface area contributed by atoms with Crippen molar-refractivity contribution in [3.63, 3.8) is 0 Å². The van der Waals surface area contributed by atoms with Crippen LogP contribution in [0.4, 0.5) is 5.95 Å². The molecular weight excluding hydrogens is 234 g/mol. The summed E-state index contributed by atoms with van der Waals surface area (Å²) in [6, 6.07) is 1.70. The highest BCUT2D eigenvalue weighted by Crippen LogP contribution is 2.10. The van der Waals surface area contributed by atoms with E-state index >= 15 is 0 Å². The van der Waals surface area contributed by atoms with Crippen molar-refractivity contribution in [2.24, 2.45) is 5.92 Å². The van der Waals surface area contributed by atoms with E-state index < -0.39 is 5.97 Å². The van der Waals surface area contributed by atoms with Gasteiger partial charge in [-0.1, -0.05) is 6.92 Å². The molecule has 0 aromatic carbocycles. The molecule has 0 fully saturated rings. The summed E-state index contributed by atoms with van der Waals surface area (Å²) >= 11 is 0. The number of carbonyl (C=O) groups is 1. The monoisotopic (exact) mass is 253 g/mol. The van der Waals surface area contributed by atoms with E-state index in [-0.39, 0.29) is 12.3 Å². The summed E-state index contributed by atoms with van der Waals surface area (Å²) in [4.78, 5) is 18.7. The van der Waals surface area contributed by atoms with Crippen LogP contribution >= 0.6 is 0 Å². The normalized spacial score (nSPS) is 11.9. The highest BCUT2D eigenvalue weighted by molar-refractivity contribution is 5.66. The van der Waals surface area contributed by atoms with Gasteiger partial charge in [-0.05, 0) is 19.3 Å². The summed E-state index contributed by atoms with van der Waals surface area (Å²) in [5.41, 5.74) is 0. The van der Waals surface area contributed by atoms with E-state index in [1.54, 1.807) is 12.3 Å². The zero-order chi connectivity index (χ0) is 13.4. The molecule has 1 aromatic heterocycles. The molecule has 0 aliphatic rings. The number of nitrogens with one attached hydrogen (secondary N) is 1. The Labute approximate surface area is 106 Å². The number of nitrogens with zero attached hydrogens (tertiary/aromatic N) is 2. The molecule has 100 valence electrons. The molecule has 0 amide bonds. The third-order valence-electron chi connectivity index (χ3n) is 2.38. The van der Waals surface area contributed by atoms with Crippen molar-refractivity contribution in [3.05, 3.63) is 12.3 Å². The first-order chi connectivity index (χ1) is 8.61. The molecule has 1 heterocycles. The van der Waals surface area contributed by atoms with Crippen molar-refractivity contribution in [2.45, 2.75) is 26.7 Å². The average molecular weight is 253 g/mol. The van der Waals surface area contributed by atoms with E-state index in [2.05, 4.69) is 15.3 Å². The molecule has 6 heteroatoms. The van der Waals surface area contributed by atoms with Gasteiger partial charge in [-0.25, -0.2) is 4.98 Å². The van der Waals surface area contributed by atoms with E-state index in [0.29, 0.717) is 31.4 Å². The molecule has 6 nitrogen and oxygen atoms in total. The molecule has 0 spiro atoms. The summed E-state index contributed by atoms with van der Waals surface area (Å²) in [5, 5.41) is 11.7. The standard InChI is InChI=1S/C12H19N3O3/c1-3-18-10-6-7-13-12(15-10)14-8-9(2)4-5-11(16)17/h6-7,9H,3-5,8H2,1-2H3,(H,16,17)(H,13,14,15). The SMILES string of the molecule is CCOc1ccnc(NCC(C)CCC(=O)O)n1. The Morgan fingerprint density at radius 3 is 3.06 bits per heavy atom. The van der Waals surface area contributed by atoms with Gasteiger partial charge in [-0.15, -0.1) is 0 Å². The predicted octanol–water partition coefficient (Wildman–Crippen LogP) is 1.79. The van der Waals surface area contributed by atoms with Gasteiger partial charge < -0.3 is 15.2 Å². The van der Waals surface area contributed by atoms with Crippen LogP contribution in [0.2, 0.25) is 0 Å². The Balaban J connectivity index is 2.38. The Morgan fingerprint density at radius 1 is 1.61 bits per heavy atom. The molecule has 1 unspecified atom stereocenters. The van der Waals surface area contributed by atoms with Gasteiger partial charge in [0.15, 0.2) is 0 Å². The molecule has 18 heavy (non-hydrogen) atoms. The minimum absolute atomic E-state index is 0.183. The highest BCUT2D eigenvalue weighted by Gasteiger charge is 2.06. The maximum absolute atomic E-state index is 10.4. The van der Waals surface area contributed by atoms with E-state index in [1.165, 1.54) is 0 Å². The van der Waals surface area contributed by atoms with Crippen molar-refractivity contribution in [1.29, 1.82) is 0 Å². The van der Waals surface area contributed by atoms with Gasteiger partial charge in [-0.2, -0.15) is 4.98 Å². The molecule has 0 aliphatic carbocycles. The van der Waals surface area contributed by atoms with Gasteiger partial charge in [0.05, 0.1) is 6.61 Å². The van der Waals surface area contributed by atoms with Gasteiger partial charge in [0.1, 0.15) is 0 Å². The average Bonchev–Trinajstić information content (AvgIpc) is 2.35. The number of rotatable bonds is 8. The maximum Gasteiger partial charge on any atom is 0.303 e. The third-order valence-corrected chi connectivity index (χ3v) is 2.38. The molecule has 0 bridgehead atoms. The minimum atomic E-state index is -0.767. The first-order valence-corrected chi connectivity index (χ1v) is 6.03. The highest BCUT2D eigenvalue weighted by atomic mass is 16.5. The number of hydrogen-bond donors (Lipinski definition) is 2. The molecular formula is C12H19N3O3. The van der Waals surface area contributed by atoms with Crippen LogP contribution in [0.3, 0.4) is 0 Å². The first kappa shape index (κ1) is 14.2. The van der Waals surface area contributed by atoms with E-state index in [9.17, 15) is 4.79 Å². The van der Waals surface area contributed by atoms with Crippen molar-refractivity contribution in [1.82, 2.24) is 9.97 Å². The summed E-state index contributed by atoms with van der Waals surface area (Å²) in [5.74, 6) is 0.521. The summed E-state index contributed by atoms with van der Waals surface area (Å²) in [6.45, 7) is 5.08. The van der Waals surface area contributed by atoms with Crippen LogP contribution in [0.1, 0.15) is 26.7 Å². The predicted molar refractivity (Wildman–Crippen MR) is 67.7 cm³/mol. The summed E-state index contributed by atoms with van der Waals surface area (Å²) < 4.78 is 5.26. The Hall–Kier alpha value is -1.85. The number of hydrogen-bond acceptors (Lipinski definition) is 5. The second-order valence-electron chi connectivity index (χ2n) is 4.07. The Kier molecular flexibility index (Phi) is 5.90. The number of ether oxygens (including phenoxy) is 1. The van der Waals surface area contributed by atoms with Crippen LogP contribution in [0, 0.1) is 5.92 Å². The fourth-order valence-electron chi connectivity index (χ4n) is 1.39. The van der Waals surface area contributed by atoms with Crippen LogP contribution in [-0.2, 0) is 4.79 Å². The molecule has 2 N–H and O–H groups in total. The molecule has 1 rings (SSSR count). The smallest absolute Gasteiger partial charge is 0.303 e. The topological polar surface area (TPSA) is 84.3 Å². The second-order valence-corrected chi connectivity index (χ2v) is 4.07. The first-order valence-electron chi connectivity index (χ1n) is 6.03. The van der Waals surface area contributed by atoms with Crippen LogP contribution < -0.4 is 10.1 Å². The van der Waals surface area contributed by atoms with E-state index in [4.69, 9.17) is 9.84 Å². The largest absolute Gasteiger partial charge is 0.481 e. The lowest BCUT2D eigenvalue weighted by Gasteiger charge is -2.11. The minimum Gasteiger partial charge on any atom is -0.481 e. The molecule has 0 saturated carbocycles. The number of anilines is 1. The van der Waals surface area contributed by atoms with Gasteiger partial charge in [0.2, 0.25) is 11.8 Å². The van der Waals surface area contributed by atoms with Gasteiger partial charge in [-0.3, -0.25) is 4.79 Å².